The smallest absolute Gasteiger partial charge is 0.139 e. The lowest BCUT2D eigenvalue weighted by Crippen LogP contribution is -2.14. The Balaban J connectivity index is 2.43. The second-order valence-corrected chi connectivity index (χ2v) is 4.31. The first-order valence-electron chi connectivity index (χ1n) is 6.36. The number of nitrogens with one attached hydrogen (secondary N) is 1. The van der Waals surface area contributed by atoms with E-state index in [1.54, 1.807) is 12.1 Å². The maximum absolute atomic E-state index is 13.9. The van der Waals surface area contributed by atoms with E-state index in [1.807, 2.05) is 0 Å². The van der Waals surface area contributed by atoms with Gasteiger partial charge in [-0.15, -0.1) is 0 Å². The SMILES string of the molecule is CCCCCCOCc1cccc(C(=N)N)c1F. The van der Waals surface area contributed by atoms with Crippen LogP contribution in [0, 0.1) is 11.2 Å². The lowest BCUT2D eigenvalue weighted by molar-refractivity contribution is 0.114. The van der Waals surface area contributed by atoms with Crippen LogP contribution in [0.1, 0.15) is 43.7 Å². The summed E-state index contributed by atoms with van der Waals surface area (Å²) in [7, 11) is 0. The fraction of sp³-hybridized carbons (Fsp3) is 0.500. The molecule has 0 atom stereocenters. The van der Waals surface area contributed by atoms with Crippen LogP contribution in [0.5, 0.6) is 0 Å². The Morgan fingerprint density at radius 3 is 2.78 bits per heavy atom. The molecule has 0 aliphatic rings. The molecule has 0 heterocycles. The fourth-order valence-electron chi connectivity index (χ4n) is 1.71. The first-order valence-corrected chi connectivity index (χ1v) is 6.36. The van der Waals surface area contributed by atoms with E-state index in [9.17, 15) is 4.39 Å². The number of halogens is 1. The maximum Gasteiger partial charge on any atom is 0.139 e. The van der Waals surface area contributed by atoms with Gasteiger partial charge in [0.2, 0.25) is 0 Å². The van der Waals surface area contributed by atoms with E-state index in [-0.39, 0.29) is 18.0 Å². The third-order valence-electron chi connectivity index (χ3n) is 2.77. The summed E-state index contributed by atoms with van der Waals surface area (Å²) in [6.07, 6.45) is 4.54. The van der Waals surface area contributed by atoms with Gasteiger partial charge in [0, 0.05) is 12.2 Å². The van der Waals surface area contributed by atoms with Crippen molar-refractivity contribution in [2.45, 2.75) is 39.2 Å². The topological polar surface area (TPSA) is 59.1 Å². The summed E-state index contributed by atoms with van der Waals surface area (Å²) in [4.78, 5) is 0. The van der Waals surface area contributed by atoms with Crippen LogP contribution in [0.15, 0.2) is 18.2 Å². The normalized spacial score (nSPS) is 10.6. The molecule has 0 spiro atoms. The molecule has 0 aliphatic carbocycles. The lowest BCUT2D eigenvalue weighted by atomic mass is 10.1. The summed E-state index contributed by atoms with van der Waals surface area (Å²) < 4.78 is 19.3. The highest BCUT2D eigenvalue weighted by atomic mass is 19.1. The first kappa shape index (κ1) is 14.6. The van der Waals surface area contributed by atoms with E-state index in [4.69, 9.17) is 15.9 Å². The third-order valence-corrected chi connectivity index (χ3v) is 2.77. The Labute approximate surface area is 108 Å². The zero-order valence-electron chi connectivity index (χ0n) is 10.8. The number of hydrogen-bond acceptors (Lipinski definition) is 2. The van der Waals surface area contributed by atoms with Gasteiger partial charge in [0.25, 0.3) is 0 Å². The Kier molecular flexibility index (Phi) is 6.36. The van der Waals surface area contributed by atoms with Crippen LogP contribution < -0.4 is 5.73 Å². The first-order chi connectivity index (χ1) is 8.66. The molecule has 3 N–H and O–H groups in total. The molecule has 0 saturated heterocycles. The molecule has 100 valence electrons. The number of amidine groups is 1. The Bertz CT molecular complexity index is 393. The van der Waals surface area contributed by atoms with Gasteiger partial charge < -0.3 is 10.5 Å². The molecule has 0 bridgehead atoms. The molecule has 0 fully saturated rings. The zero-order valence-corrected chi connectivity index (χ0v) is 10.8. The van der Waals surface area contributed by atoms with E-state index in [0.717, 1.165) is 12.8 Å². The molecule has 3 nitrogen and oxygen atoms in total. The van der Waals surface area contributed by atoms with Crippen LogP contribution in [0.25, 0.3) is 0 Å². The summed E-state index contributed by atoms with van der Waals surface area (Å²) >= 11 is 0. The Morgan fingerprint density at radius 2 is 2.11 bits per heavy atom. The summed E-state index contributed by atoms with van der Waals surface area (Å²) in [5.74, 6) is -0.698. The molecular weight excluding hydrogens is 231 g/mol. The molecule has 0 aliphatic heterocycles. The molecule has 1 aromatic rings. The number of ether oxygens (including phenoxy) is 1. The quantitative estimate of drug-likeness (QED) is 0.424. The predicted molar refractivity (Wildman–Crippen MR) is 71.2 cm³/mol. The van der Waals surface area contributed by atoms with E-state index in [1.165, 1.54) is 18.9 Å². The highest BCUT2D eigenvalue weighted by molar-refractivity contribution is 5.95. The molecule has 1 aromatic carbocycles. The minimum Gasteiger partial charge on any atom is -0.384 e. The van der Waals surface area contributed by atoms with E-state index in [0.29, 0.717) is 12.2 Å². The highest BCUT2D eigenvalue weighted by Gasteiger charge is 2.09. The monoisotopic (exact) mass is 252 g/mol. The van der Waals surface area contributed by atoms with Crippen LogP contribution in [0.3, 0.4) is 0 Å². The molecular formula is C14H21FN2O. The molecule has 0 saturated carbocycles. The summed E-state index contributed by atoms with van der Waals surface area (Å²) in [5, 5.41) is 7.26. The van der Waals surface area contributed by atoms with Gasteiger partial charge in [-0.05, 0) is 12.5 Å². The van der Waals surface area contributed by atoms with Crippen LogP contribution >= 0.6 is 0 Å². The zero-order chi connectivity index (χ0) is 13.4. The molecule has 18 heavy (non-hydrogen) atoms. The number of unbranched alkanes of at least 4 members (excludes halogenated alkanes) is 3. The number of benzene rings is 1. The summed E-state index contributed by atoms with van der Waals surface area (Å²) in [5.41, 5.74) is 5.89. The van der Waals surface area contributed by atoms with Gasteiger partial charge in [0.1, 0.15) is 11.7 Å². The van der Waals surface area contributed by atoms with Crippen molar-refractivity contribution in [2.75, 3.05) is 6.61 Å². The standard InChI is InChI=1S/C14H21FN2O/c1-2-3-4-5-9-18-10-11-7-6-8-12(13(11)15)14(16)17/h6-8H,2-5,9-10H2,1H3,(H3,16,17). The average Bonchev–Trinajstić information content (AvgIpc) is 2.35. The Morgan fingerprint density at radius 1 is 1.33 bits per heavy atom. The van der Waals surface area contributed by atoms with Crippen molar-refractivity contribution in [1.82, 2.24) is 0 Å². The summed E-state index contributed by atoms with van der Waals surface area (Å²) in [6, 6.07) is 4.85. The molecule has 0 unspecified atom stereocenters. The number of nitrogens with two attached hydrogens (primary N) is 1. The largest absolute Gasteiger partial charge is 0.384 e. The third kappa shape index (κ3) is 4.45. The number of hydrogen-bond donors (Lipinski definition) is 2. The van der Waals surface area contributed by atoms with Gasteiger partial charge in [-0.2, -0.15) is 0 Å². The van der Waals surface area contributed by atoms with Crippen molar-refractivity contribution in [2.24, 2.45) is 5.73 Å². The van der Waals surface area contributed by atoms with Crippen molar-refractivity contribution in [3.05, 3.63) is 35.1 Å². The molecule has 4 heteroatoms. The van der Waals surface area contributed by atoms with E-state index >= 15 is 0 Å². The second kappa shape index (κ2) is 7.82. The highest BCUT2D eigenvalue weighted by Crippen LogP contribution is 2.13. The van der Waals surface area contributed by atoms with Crippen molar-refractivity contribution >= 4 is 5.84 Å². The summed E-state index contributed by atoms with van der Waals surface area (Å²) in [6.45, 7) is 3.03. The second-order valence-electron chi connectivity index (χ2n) is 4.31. The van der Waals surface area contributed by atoms with Gasteiger partial charge in [-0.25, -0.2) is 4.39 Å². The minimum absolute atomic E-state index is 0.141. The van der Waals surface area contributed by atoms with Crippen LogP contribution in [-0.2, 0) is 11.3 Å². The van der Waals surface area contributed by atoms with Crippen molar-refractivity contribution in [1.29, 1.82) is 5.41 Å². The average molecular weight is 252 g/mol. The van der Waals surface area contributed by atoms with Gasteiger partial charge in [0.05, 0.1) is 12.2 Å². The maximum atomic E-state index is 13.9. The van der Waals surface area contributed by atoms with Crippen LogP contribution in [-0.4, -0.2) is 12.4 Å². The van der Waals surface area contributed by atoms with Crippen molar-refractivity contribution in [3.8, 4) is 0 Å². The molecule has 1 rings (SSSR count). The van der Waals surface area contributed by atoms with Gasteiger partial charge in [-0.1, -0.05) is 38.3 Å². The number of rotatable bonds is 8. The van der Waals surface area contributed by atoms with Crippen molar-refractivity contribution < 1.29 is 9.13 Å². The lowest BCUT2D eigenvalue weighted by Gasteiger charge is -2.08. The van der Waals surface area contributed by atoms with E-state index < -0.39 is 5.82 Å². The molecule has 0 aromatic heterocycles. The van der Waals surface area contributed by atoms with Crippen LogP contribution in [0.4, 0.5) is 4.39 Å². The van der Waals surface area contributed by atoms with Gasteiger partial charge in [0.15, 0.2) is 0 Å². The Hall–Kier alpha value is -1.42. The molecule has 0 amide bonds. The minimum atomic E-state index is -0.446. The molecule has 0 radical (unpaired) electrons. The number of nitrogen functional groups attached to an aromatic ring is 1. The van der Waals surface area contributed by atoms with Gasteiger partial charge in [-0.3, -0.25) is 5.41 Å². The predicted octanol–water partition coefficient (Wildman–Crippen LogP) is 3.21. The van der Waals surface area contributed by atoms with Crippen molar-refractivity contribution in [3.63, 3.8) is 0 Å². The van der Waals surface area contributed by atoms with Gasteiger partial charge >= 0.3 is 0 Å². The fourth-order valence-corrected chi connectivity index (χ4v) is 1.71. The van der Waals surface area contributed by atoms with E-state index in [2.05, 4.69) is 6.92 Å². The van der Waals surface area contributed by atoms with Crippen LogP contribution in [0.2, 0.25) is 0 Å².